The normalized spacial score (nSPS) is 19.7. The van der Waals surface area contributed by atoms with Crippen molar-refractivity contribution in [1.82, 2.24) is 10.3 Å². The molecule has 1 fully saturated rings. The maximum atomic E-state index is 5.65. The number of hydrogen-bond acceptors (Lipinski definition) is 5. The summed E-state index contributed by atoms with van der Waals surface area (Å²) in [5.74, 6) is 0. The molecule has 1 aliphatic rings. The van der Waals surface area contributed by atoms with E-state index in [-0.39, 0.29) is 0 Å². The minimum atomic E-state index is 0.385. The third-order valence-electron chi connectivity index (χ3n) is 3.06. The van der Waals surface area contributed by atoms with E-state index in [1.807, 2.05) is 0 Å². The fourth-order valence-electron chi connectivity index (χ4n) is 2.03. The summed E-state index contributed by atoms with van der Waals surface area (Å²) in [7, 11) is 2.10. The zero-order valence-corrected chi connectivity index (χ0v) is 12.3. The summed E-state index contributed by atoms with van der Waals surface area (Å²) in [6.07, 6.45) is 2.76. The SMILES string of the molecule is CC(C)NCc1csc(N(C)CC2CCCO2)n1. The molecule has 18 heavy (non-hydrogen) atoms. The second kappa shape index (κ2) is 6.50. The van der Waals surface area contributed by atoms with Crippen LogP contribution >= 0.6 is 11.3 Å². The Hall–Kier alpha value is -0.650. The van der Waals surface area contributed by atoms with Gasteiger partial charge in [0.25, 0.3) is 0 Å². The van der Waals surface area contributed by atoms with Crippen LogP contribution in [-0.4, -0.2) is 37.3 Å². The van der Waals surface area contributed by atoms with E-state index in [0.717, 1.165) is 30.5 Å². The Morgan fingerprint density at radius 1 is 1.61 bits per heavy atom. The summed E-state index contributed by atoms with van der Waals surface area (Å²) in [5.41, 5.74) is 1.13. The molecule has 1 aromatic heterocycles. The molecule has 0 bridgehead atoms. The molecule has 4 nitrogen and oxygen atoms in total. The molecule has 0 aromatic carbocycles. The molecule has 1 atom stereocenters. The molecule has 0 amide bonds. The summed E-state index contributed by atoms with van der Waals surface area (Å²) in [6, 6.07) is 0.500. The molecule has 1 saturated heterocycles. The first-order chi connectivity index (χ1) is 8.65. The van der Waals surface area contributed by atoms with Crippen molar-refractivity contribution in [3.8, 4) is 0 Å². The Morgan fingerprint density at radius 2 is 2.44 bits per heavy atom. The van der Waals surface area contributed by atoms with Crippen molar-refractivity contribution < 1.29 is 4.74 Å². The van der Waals surface area contributed by atoms with Crippen molar-refractivity contribution in [3.63, 3.8) is 0 Å². The maximum absolute atomic E-state index is 5.65. The Labute approximate surface area is 113 Å². The first-order valence-corrected chi connectivity index (χ1v) is 7.53. The van der Waals surface area contributed by atoms with Gasteiger partial charge in [0.1, 0.15) is 0 Å². The van der Waals surface area contributed by atoms with Gasteiger partial charge in [0.2, 0.25) is 0 Å². The predicted molar refractivity (Wildman–Crippen MR) is 76.3 cm³/mol. The zero-order valence-electron chi connectivity index (χ0n) is 11.5. The quantitative estimate of drug-likeness (QED) is 0.859. The van der Waals surface area contributed by atoms with E-state index in [4.69, 9.17) is 4.74 Å². The van der Waals surface area contributed by atoms with Crippen LogP contribution in [0.25, 0.3) is 0 Å². The van der Waals surface area contributed by atoms with Gasteiger partial charge in [0.15, 0.2) is 5.13 Å². The third-order valence-corrected chi connectivity index (χ3v) is 4.06. The number of hydrogen-bond donors (Lipinski definition) is 1. The highest BCUT2D eigenvalue weighted by atomic mass is 32.1. The van der Waals surface area contributed by atoms with Crippen LogP contribution in [0.5, 0.6) is 0 Å². The van der Waals surface area contributed by atoms with E-state index in [9.17, 15) is 0 Å². The lowest BCUT2D eigenvalue weighted by Crippen LogP contribution is -2.28. The van der Waals surface area contributed by atoms with Crippen molar-refractivity contribution >= 4 is 16.5 Å². The van der Waals surface area contributed by atoms with E-state index in [1.54, 1.807) is 11.3 Å². The van der Waals surface area contributed by atoms with E-state index >= 15 is 0 Å². The van der Waals surface area contributed by atoms with E-state index in [1.165, 1.54) is 12.8 Å². The minimum absolute atomic E-state index is 0.385. The van der Waals surface area contributed by atoms with Gasteiger partial charge in [-0.05, 0) is 12.8 Å². The monoisotopic (exact) mass is 269 g/mol. The number of aromatic nitrogens is 1. The second-order valence-corrected chi connectivity index (χ2v) is 6.01. The third kappa shape index (κ3) is 3.93. The number of ether oxygens (including phenoxy) is 1. The average Bonchev–Trinajstić information content (AvgIpc) is 2.96. The van der Waals surface area contributed by atoms with Gasteiger partial charge >= 0.3 is 0 Å². The molecule has 5 heteroatoms. The van der Waals surface area contributed by atoms with Crippen LogP contribution in [0, 0.1) is 0 Å². The number of thiazole rings is 1. The van der Waals surface area contributed by atoms with E-state index in [0.29, 0.717) is 12.1 Å². The molecule has 1 aliphatic heterocycles. The molecule has 0 saturated carbocycles. The Bertz CT molecular complexity index is 361. The molecular formula is C13H23N3OS. The van der Waals surface area contributed by atoms with Gasteiger partial charge < -0.3 is 15.0 Å². The van der Waals surface area contributed by atoms with E-state index in [2.05, 4.69) is 41.5 Å². The number of nitrogens with one attached hydrogen (secondary N) is 1. The van der Waals surface area contributed by atoms with Crippen molar-refractivity contribution in [2.24, 2.45) is 0 Å². The van der Waals surface area contributed by atoms with Gasteiger partial charge in [-0.15, -0.1) is 11.3 Å². The highest BCUT2D eigenvalue weighted by Crippen LogP contribution is 2.21. The summed E-state index contributed by atoms with van der Waals surface area (Å²) < 4.78 is 5.65. The van der Waals surface area contributed by atoms with Crippen molar-refractivity contribution in [1.29, 1.82) is 0 Å². The number of nitrogens with zero attached hydrogens (tertiary/aromatic N) is 2. The minimum Gasteiger partial charge on any atom is -0.376 e. The molecule has 102 valence electrons. The largest absolute Gasteiger partial charge is 0.376 e. The van der Waals surface area contributed by atoms with Gasteiger partial charge in [0, 0.05) is 38.2 Å². The van der Waals surface area contributed by atoms with Crippen LogP contribution in [0.1, 0.15) is 32.4 Å². The predicted octanol–water partition coefficient (Wildman–Crippen LogP) is 2.26. The van der Waals surface area contributed by atoms with Crippen LogP contribution in [0.15, 0.2) is 5.38 Å². The summed E-state index contributed by atoms with van der Waals surface area (Å²) in [6.45, 7) is 7.01. The first-order valence-electron chi connectivity index (χ1n) is 6.65. The lowest BCUT2D eigenvalue weighted by Gasteiger charge is -2.19. The number of anilines is 1. The Balaban J connectivity index is 1.84. The van der Waals surface area contributed by atoms with Crippen LogP contribution in [-0.2, 0) is 11.3 Å². The van der Waals surface area contributed by atoms with Crippen molar-refractivity contribution in [3.05, 3.63) is 11.1 Å². The van der Waals surface area contributed by atoms with Crippen LogP contribution < -0.4 is 10.2 Å². The van der Waals surface area contributed by atoms with Gasteiger partial charge in [-0.25, -0.2) is 4.98 Å². The molecule has 0 aliphatic carbocycles. The number of rotatable bonds is 6. The maximum Gasteiger partial charge on any atom is 0.185 e. The lowest BCUT2D eigenvalue weighted by molar-refractivity contribution is 0.116. The van der Waals surface area contributed by atoms with Crippen LogP contribution in [0.3, 0.4) is 0 Å². The van der Waals surface area contributed by atoms with Gasteiger partial charge in [-0.2, -0.15) is 0 Å². The molecule has 2 heterocycles. The summed E-state index contributed by atoms with van der Waals surface area (Å²) >= 11 is 1.71. The molecule has 0 spiro atoms. The second-order valence-electron chi connectivity index (χ2n) is 5.17. The topological polar surface area (TPSA) is 37.4 Å². The Morgan fingerprint density at radius 3 is 3.11 bits per heavy atom. The zero-order chi connectivity index (χ0) is 13.0. The Kier molecular flexibility index (Phi) is 4.97. The van der Waals surface area contributed by atoms with Gasteiger partial charge in [-0.3, -0.25) is 0 Å². The van der Waals surface area contributed by atoms with Crippen LogP contribution in [0.2, 0.25) is 0 Å². The number of likely N-dealkylation sites (N-methyl/N-ethyl adjacent to an activating group) is 1. The average molecular weight is 269 g/mol. The highest BCUT2D eigenvalue weighted by molar-refractivity contribution is 7.13. The molecule has 1 N–H and O–H groups in total. The van der Waals surface area contributed by atoms with Crippen molar-refractivity contribution in [2.75, 3.05) is 25.1 Å². The van der Waals surface area contributed by atoms with Crippen molar-refractivity contribution in [2.45, 2.75) is 45.4 Å². The van der Waals surface area contributed by atoms with Crippen LogP contribution in [0.4, 0.5) is 5.13 Å². The first kappa shape index (κ1) is 13.8. The summed E-state index contributed by atoms with van der Waals surface area (Å²) in [4.78, 5) is 6.86. The van der Waals surface area contributed by atoms with Gasteiger partial charge in [-0.1, -0.05) is 13.8 Å². The van der Waals surface area contributed by atoms with E-state index < -0.39 is 0 Å². The fraction of sp³-hybridized carbons (Fsp3) is 0.769. The molecular weight excluding hydrogens is 246 g/mol. The molecule has 1 aromatic rings. The van der Waals surface area contributed by atoms with Gasteiger partial charge in [0.05, 0.1) is 11.8 Å². The fourth-order valence-corrected chi connectivity index (χ4v) is 2.84. The highest BCUT2D eigenvalue weighted by Gasteiger charge is 2.18. The molecule has 1 unspecified atom stereocenters. The lowest BCUT2D eigenvalue weighted by atomic mass is 10.2. The molecule has 0 radical (unpaired) electrons. The molecule has 2 rings (SSSR count). The standard InChI is InChI=1S/C13H23N3OS/c1-10(2)14-7-11-9-18-13(15-11)16(3)8-12-5-4-6-17-12/h9-10,12,14H,4-8H2,1-3H3. The summed E-state index contributed by atoms with van der Waals surface area (Å²) in [5, 5.41) is 6.61. The smallest absolute Gasteiger partial charge is 0.185 e.